The van der Waals surface area contributed by atoms with Crippen LogP contribution in [0, 0.1) is 11.3 Å². The van der Waals surface area contributed by atoms with Gasteiger partial charge in [0.1, 0.15) is 5.75 Å². The molecular weight excluding hydrogens is 416 g/mol. The van der Waals surface area contributed by atoms with E-state index in [9.17, 15) is 9.59 Å². The Morgan fingerprint density at radius 2 is 1.81 bits per heavy atom. The molecule has 3 rings (SSSR count). The second kappa shape index (κ2) is 10.1. The summed E-state index contributed by atoms with van der Waals surface area (Å²) in [5, 5.41) is 15.5. The van der Waals surface area contributed by atoms with Crippen molar-refractivity contribution in [1.82, 2.24) is 5.32 Å². The van der Waals surface area contributed by atoms with Crippen LogP contribution < -0.4 is 21.1 Å². The van der Waals surface area contributed by atoms with E-state index < -0.39 is 5.91 Å². The van der Waals surface area contributed by atoms with Crippen molar-refractivity contribution in [1.29, 1.82) is 5.26 Å². The largest absolute Gasteiger partial charge is 0.483 e. The number of nitrogens with one attached hydrogen (secondary N) is 2. The van der Waals surface area contributed by atoms with Crippen molar-refractivity contribution in [3.63, 3.8) is 0 Å². The van der Waals surface area contributed by atoms with Gasteiger partial charge < -0.3 is 21.1 Å². The molecule has 0 aliphatic rings. The van der Waals surface area contributed by atoms with Crippen LogP contribution >= 0.6 is 11.6 Å². The van der Waals surface area contributed by atoms with Gasteiger partial charge in [-0.3, -0.25) is 9.59 Å². The molecule has 7 nitrogen and oxygen atoms in total. The Labute approximate surface area is 184 Å². The van der Waals surface area contributed by atoms with Gasteiger partial charge in [-0.15, -0.1) is 0 Å². The van der Waals surface area contributed by atoms with Gasteiger partial charge in [0.15, 0.2) is 6.61 Å². The predicted molar refractivity (Wildman–Crippen MR) is 118 cm³/mol. The lowest BCUT2D eigenvalue weighted by Crippen LogP contribution is -2.24. The summed E-state index contributed by atoms with van der Waals surface area (Å²) < 4.78 is 5.38. The fourth-order valence-corrected chi connectivity index (χ4v) is 3.05. The molecule has 0 heterocycles. The number of anilines is 2. The molecule has 0 saturated carbocycles. The molecule has 3 aromatic carbocycles. The molecule has 0 spiro atoms. The van der Waals surface area contributed by atoms with Crippen LogP contribution in [0.15, 0.2) is 66.7 Å². The van der Waals surface area contributed by atoms with Gasteiger partial charge in [-0.25, -0.2) is 0 Å². The highest BCUT2D eigenvalue weighted by Gasteiger charge is 2.12. The molecule has 3 aromatic rings. The minimum absolute atomic E-state index is 0.118. The molecule has 4 N–H and O–H groups in total. The van der Waals surface area contributed by atoms with Gasteiger partial charge in [-0.2, -0.15) is 5.26 Å². The van der Waals surface area contributed by atoms with Crippen LogP contribution in [-0.4, -0.2) is 18.4 Å². The number of ether oxygens (including phenoxy) is 1. The number of hydrogen-bond acceptors (Lipinski definition) is 5. The quantitative estimate of drug-likeness (QED) is 0.499. The summed E-state index contributed by atoms with van der Waals surface area (Å²) in [6.07, 6.45) is 0. The number of amides is 2. The molecule has 0 radical (unpaired) electrons. The second-order valence-electron chi connectivity index (χ2n) is 6.59. The van der Waals surface area contributed by atoms with Crippen LogP contribution in [0.1, 0.15) is 21.5 Å². The predicted octanol–water partition coefficient (Wildman–Crippen LogP) is 3.75. The molecule has 0 fully saturated rings. The molecule has 8 heteroatoms. The van der Waals surface area contributed by atoms with Gasteiger partial charge in [-0.1, -0.05) is 35.9 Å². The molecule has 31 heavy (non-hydrogen) atoms. The number of nitrogens with two attached hydrogens (primary N) is 1. The number of primary amides is 1. The third-order valence-corrected chi connectivity index (χ3v) is 4.45. The van der Waals surface area contributed by atoms with Crippen LogP contribution in [-0.2, 0) is 11.3 Å². The first-order chi connectivity index (χ1) is 14.9. The maximum Gasteiger partial charge on any atom is 0.255 e. The Balaban J connectivity index is 1.73. The number of carbonyl (C=O) groups is 2. The van der Waals surface area contributed by atoms with Crippen molar-refractivity contribution in [2.75, 3.05) is 11.9 Å². The van der Waals surface area contributed by atoms with E-state index in [2.05, 4.69) is 10.6 Å². The number of benzene rings is 3. The second-order valence-corrected chi connectivity index (χ2v) is 7.03. The first-order valence-corrected chi connectivity index (χ1v) is 9.67. The maximum atomic E-state index is 12.7. The van der Waals surface area contributed by atoms with Crippen LogP contribution in [0.4, 0.5) is 11.4 Å². The fraction of sp³-hybridized carbons (Fsp3) is 0.0870. The molecule has 0 bridgehead atoms. The Kier molecular flexibility index (Phi) is 7.09. The zero-order valence-corrected chi connectivity index (χ0v) is 17.1. The van der Waals surface area contributed by atoms with Gasteiger partial charge in [0, 0.05) is 34.1 Å². The molecule has 0 aromatic heterocycles. The van der Waals surface area contributed by atoms with Crippen molar-refractivity contribution >= 4 is 34.8 Å². The van der Waals surface area contributed by atoms with Crippen LogP contribution in [0.5, 0.6) is 5.75 Å². The molecule has 0 aliphatic carbocycles. The van der Waals surface area contributed by atoms with Crippen molar-refractivity contribution in [2.45, 2.75) is 6.54 Å². The van der Waals surface area contributed by atoms with Gasteiger partial charge in [0.2, 0.25) is 0 Å². The number of para-hydroxylation sites is 1. The Bertz CT molecular complexity index is 1140. The Morgan fingerprint density at radius 1 is 1.03 bits per heavy atom. The summed E-state index contributed by atoms with van der Waals surface area (Å²) in [5.41, 5.74) is 8.00. The summed E-state index contributed by atoms with van der Waals surface area (Å²) in [6, 6.07) is 21.2. The zero-order valence-electron chi connectivity index (χ0n) is 16.4. The minimum Gasteiger partial charge on any atom is -0.483 e. The highest BCUT2D eigenvalue weighted by atomic mass is 35.5. The Hall–Kier alpha value is -4.02. The number of nitrogens with zero attached hydrogens (tertiary/aromatic N) is 1. The zero-order chi connectivity index (χ0) is 22.2. The topological polar surface area (TPSA) is 117 Å². The number of halogens is 1. The van der Waals surface area contributed by atoms with Gasteiger partial charge in [0.25, 0.3) is 11.8 Å². The third kappa shape index (κ3) is 6.23. The number of nitriles is 1. The molecule has 156 valence electrons. The number of rotatable bonds is 8. The lowest BCUT2D eigenvalue weighted by Gasteiger charge is -2.13. The highest BCUT2D eigenvalue weighted by Crippen LogP contribution is 2.24. The van der Waals surface area contributed by atoms with E-state index >= 15 is 0 Å². The molecular formula is C23H19ClN4O3. The highest BCUT2D eigenvalue weighted by molar-refractivity contribution is 6.31. The lowest BCUT2D eigenvalue weighted by atomic mass is 10.1. The molecule has 0 aliphatic heterocycles. The van der Waals surface area contributed by atoms with E-state index in [1.165, 1.54) is 6.07 Å². The van der Waals surface area contributed by atoms with E-state index in [0.717, 1.165) is 5.69 Å². The maximum absolute atomic E-state index is 12.7. The van der Waals surface area contributed by atoms with Crippen molar-refractivity contribution in [3.05, 3.63) is 88.4 Å². The SMILES string of the molecule is N#Cc1ccc(CNC(=O)c2cc(Cl)cc(Nc3ccccc3)c2)c(OCC(N)=O)c1. The standard InChI is InChI=1S/C23H19ClN4O3/c24-18-9-17(10-20(11-18)28-19-4-2-1-3-5-19)23(30)27-13-16-7-6-15(12-25)8-21(16)31-14-22(26)29/h1-11,28H,13-14H2,(H2,26,29)(H,27,30). The smallest absolute Gasteiger partial charge is 0.255 e. The van der Waals surface area contributed by atoms with Crippen LogP contribution in [0.3, 0.4) is 0 Å². The monoisotopic (exact) mass is 434 g/mol. The average Bonchev–Trinajstić information content (AvgIpc) is 2.76. The molecule has 0 saturated heterocycles. The molecule has 0 unspecified atom stereocenters. The van der Waals surface area contributed by atoms with Crippen LogP contribution in [0.2, 0.25) is 5.02 Å². The summed E-state index contributed by atoms with van der Waals surface area (Å²) in [6.45, 7) is -0.217. The number of carbonyl (C=O) groups excluding carboxylic acids is 2. The average molecular weight is 435 g/mol. The summed E-state index contributed by atoms with van der Waals surface area (Å²) in [7, 11) is 0. The van der Waals surface area contributed by atoms with Crippen molar-refractivity contribution < 1.29 is 14.3 Å². The van der Waals surface area contributed by atoms with Crippen molar-refractivity contribution in [2.24, 2.45) is 5.73 Å². The lowest BCUT2D eigenvalue weighted by molar-refractivity contribution is -0.119. The van der Waals surface area contributed by atoms with Crippen molar-refractivity contribution in [3.8, 4) is 11.8 Å². The summed E-state index contributed by atoms with van der Waals surface area (Å²) >= 11 is 6.19. The van der Waals surface area contributed by atoms with E-state index in [1.807, 2.05) is 36.4 Å². The van der Waals surface area contributed by atoms with E-state index in [-0.39, 0.29) is 19.1 Å². The van der Waals surface area contributed by atoms with E-state index in [1.54, 1.807) is 30.3 Å². The van der Waals surface area contributed by atoms with Crippen LogP contribution in [0.25, 0.3) is 0 Å². The van der Waals surface area contributed by atoms with Gasteiger partial charge in [0.05, 0.1) is 11.6 Å². The minimum atomic E-state index is -0.644. The van der Waals surface area contributed by atoms with Gasteiger partial charge in [-0.05, 0) is 42.5 Å². The van der Waals surface area contributed by atoms with Gasteiger partial charge >= 0.3 is 0 Å². The summed E-state index contributed by atoms with van der Waals surface area (Å²) in [5.74, 6) is -0.686. The third-order valence-electron chi connectivity index (χ3n) is 4.23. The summed E-state index contributed by atoms with van der Waals surface area (Å²) in [4.78, 5) is 23.7. The molecule has 0 atom stereocenters. The number of hydrogen-bond donors (Lipinski definition) is 3. The molecule has 2 amide bonds. The van der Waals surface area contributed by atoms with E-state index in [0.29, 0.717) is 33.1 Å². The fourth-order valence-electron chi connectivity index (χ4n) is 2.81. The normalized spacial score (nSPS) is 10.1. The first-order valence-electron chi connectivity index (χ1n) is 9.29. The van der Waals surface area contributed by atoms with E-state index in [4.69, 9.17) is 27.3 Å². The first kappa shape index (κ1) is 21.7. The Morgan fingerprint density at radius 3 is 2.52 bits per heavy atom.